The van der Waals surface area contributed by atoms with Gasteiger partial charge in [0.2, 0.25) is 0 Å². The van der Waals surface area contributed by atoms with E-state index in [-0.39, 0.29) is 0 Å². The third kappa shape index (κ3) is 3.33. The van der Waals surface area contributed by atoms with Crippen molar-refractivity contribution in [3.63, 3.8) is 0 Å². The van der Waals surface area contributed by atoms with E-state index in [4.69, 9.17) is 0 Å². The van der Waals surface area contributed by atoms with Crippen LogP contribution in [0.3, 0.4) is 0 Å². The standard InChI is InChI=1S/C28H48/c1-19(2)9-7-10-20(3)24-14-15-25-22-12-13-23-21(4)11-8-17-27(23,5)26(22)16-18-28(24,25)6/h12,19-21,23-26H,7-11,13-18H2,1-6H3/t20-,21?,23?,24-,25+,26+,27+,28-/m1/s1. The number of allylic oxidation sites excluding steroid dienone is 2. The van der Waals surface area contributed by atoms with Gasteiger partial charge in [0.1, 0.15) is 0 Å². The van der Waals surface area contributed by atoms with Crippen molar-refractivity contribution in [3.8, 4) is 0 Å². The Kier molecular flexibility index (Phi) is 5.83. The van der Waals surface area contributed by atoms with Crippen LogP contribution in [0, 0.1) is 52.3 Å². The largest absolute Gasteiger partial charge is 0.0844 e. The fourth-order valence-corrected chi connectivity index (χ4v) is 9.05. The predicted octanol–water partition coefficient (Wildman–Crippen LogP) is 8.66. The lowest BCUT2D eigenvalue weighted by molar-refractivity contribution is -0.0286. The molecule has 4 aliphatic carbocycles. The maximum atomic E-state index is 2.80. The Morgan fingerprint density at radius 2 is 1.68 bits per heavy atom. The molecule has 28 heavy (non-hydrogen) atoms. The summed E-state index contributed by atoms with van der Waals surface area (Å²) in [5.41, 5.74) is 3.17. The van der Waals surface area contributed by atoms with E-state index in [1.807, 2.05) is 5.57 Å². The molecule has 0 aromatic heterocycles. The molecule has 0 bridgehead atoms. The van der Waals surface area contributed by atoms with E-state index in [1.54, 1.807) is 0 Å². The van der Waals surface area contributed by atoms with Gasteiger partial charge >= 0.3 is 0 Å². The molecule has 0 saturated heterocycles. The first-order valence-electron chi connectivity index (χ1n) is 13.0. The Hall–Kier alpha value is -0.260. The Bertz CT molecular complexity index is 585. The van der Waals surface area contributed by atoms with Crippen molar-refractivity contribution in [2.75, 3.05) is 0 Å². The first-order chi connectivity index (χ1) is 13.3. The SMILES string of the molecule is CC(C)CCC[C@@H](C)[C@H]1CC[C@H]2C3=CCC4C(C)CCC[C@]4(C)[C@H]3CC[C@]12C. The maximum Gasteiger partial charge on any atom is -0.0143 e. The van der Waals surface area contributed by atoms with Crippen LogP contribution in [-0.4, -0.2) is 0 Å². The topological polar surface area (TPSA) is 0 Å². The van der Waals surface area contributed by atoms with Crippen LogP contribution in [0.2, 0.25) is 0 Å². The zero-order valence-electron chi connectivity index (χ0n) is 19.9. The van der Waals surface area contributed by atoms with Gasteiger partial charge in [-0.1, -0.05) is 85.3 Å². The highest BCUT2D eigenvalue weighted by Crippen LogP contribution is 2.67. The zero-order chi connectivity index (χ0) is 20.1. The van der Waals surface area contributed by atoms with E-state index >= 15 is 0 Å². The van der Waals surface area contributed by atoms with Gasteiger partial charge in [0, 0.05) is 0 Å². The van der Waals surface area contributed by atoms with Crippen LogP contribution < -0.4 is 0 Å². The van der Waals surface area contributed by atoms with Gasteiger partial charge in [-0.15, -0.1) is 0 Å². The first kappa shape index (κ1) is 21.0. The highest BCUT2D eigenvalue weighted by molar-refractivity contribution is 5.27. The molecule has 160 valence electrons. The molecule has 4 rings (SSSR count). The van der Waals surface area contributed by atoms with Gasteiger partial charge in [0.05, 0.1) is 0 Å². The molecule has 0 radical (unpaired) electrons. The van der Waals surface area contributed by atoms with Crippen molar-refractivity contribution in [2.45, 2.75) is 112 Å². The van der Waals surface area contributed by atoms with Crippen LogP contribution in [0.5, 0.6) is 0 Å². The second kappa shape index (κ2) is 7.77. The van der Waals surface area contributed by atoms with Crippen LogP contribution >= 0.6 is 0 Å². The van der Waals surface area contributed by atoms with E-state index in [2.05, 4.69) is 47.6 Å². The quantitative estimate of drug-likeness (QED) is 0.416. The molecular weight excluding hydrogens is 336 g/mol. The molecule has 2 unspecified atom stereocenters. The number of rotatable bonds is 5. The van der Waals surface area contributed by atoms with Gasteiger partial charge in [-0.25, -0.2) is 0 Å². The van der Waals surface area contributed by atoms with Crippen LogP contribution in [0.15, 0.2) is 11.6 Å². The third-order valence-electron chi connectivity index (χ3n) is 10.6. The summed E-state index contributed by atoms with van der Waals surface area (Å²) >= 11 is 0. The van der Waals surface area contributed by atoms with Gasteiger partial charge in [-0.3, -0.25) is 0 Å². The van der Waals surface area contributed by atoms with Crippen LogP contribution in [-0.2, 0) is 0 Å². The summed E-state index contributed by atoms with van der Waals surface area (Å²) in [5.74, 6) is 6.51. The van der Waals surface area contributed by atoms with E-state index in [0.717, 1.165) is 41.4 Å². The number of hydrogen-bond acceptors (Lipinski definition) is 0. The zero-order valence-corrected chi connectivity index (χ0v) is 19.9. The second-order valence-corrected chi connectivity index (χ2v) is 12.6. The molecule has 3 saturated carbocycles. The minimum Gasteiger partial charge on any atom is -0.0844 e. The number of fused-ring (bicyclic) bond motifs is 5. The minimum atomic E-state index is 0.600. The maximum absolute atomic E-state index is 2.80. The summed E-state index contributed by atoms with van der Waals surface area (Å²) in [4.78, 5) is 0. The lowest BCUT2D eigenvalue weighted by Gasteiger charge is -2.58. The highest BCUT2D eigenvalue weighted by Gasteiger charge is 2.58. The van der Waals surface area contributed by atoms with Crippen molar-refractivity contribution in [3.05, 3.63) is 11.6 Å². The summed E-state index contributed by atoms with van der Waals surface area (Å²) < 4.78 is 0. The molecule has 0 aromatic rings. The van der Waals surface area contributed by atoms with Crippen LogP contribution in [0.25, 0.3) is 0 Å². The fourth-order valence-electron chi connectivity index (χ4n) is 9.05. The van der Waals surface area contributed by atoms with Gasteiger partial charge in [0.15, 0.2) is 0 Å². The van der Waals surface area contributed by atoms with E-state index in [9.17, 15) is 0 Å². The fraction of sp³-hybridized carbons (Fsp3) is 0.929. The molecular formula is C28H48. The second-order valence-electron chi connectivity index (χ2n) is 12.6. The Morgan fingerprint density at radius 1 is 0.929 bits per heavy atom. The number of hydrogen-bond donors (Lipinski definition) is 0. The van der Waals surface area contributed by atoms with Crippen LogP contribution in [0.1, 0.15) is 112 Å². The van der Waals surface area contributed by atoms with E-state index in [1.165, 1.54) is 70.6 Å². The molecule has 3 fully saturated rings. The van der Waals surface area contributed by atoms with Crippen molar-refractivity contribution < 1.29 is 0 Å². The van der Waals surface area contributed by atoms with Gasteiger partial charge in [0.25, 0.3) is 0 Å². The third-order valence-corrected chi connectivity index (χ3v) is 10.6. The van der Waals surface area contributed by atoms with Crippen molar-refractivity contribution in [1.29, 1.82) is 0 Å². The molecule has 0 heteroatoms. The molecule has 0 aromatic carbocycles. The molecule has 0 aliphatic heterocycles. The van der Waals surface area contributed by atoms with Crippen molar-refractivity contribution in [2.24, 2.45) is 52.3 Å². The van der Waals surface area contributed by atoms with E-state index < -0.39 is 0 Å². The molecule has 0 spiro atoms. The van der Waals surface area contributed by atoms with Crippen LogP contribution in [0.4, 0.5) is 0 Å². The van der Waals surface area contributed by atoms with Crippen molar-refractivity contribution >= 4 is 0 Å². The Morgan fingerprint density at radius 3 is 2.43 bits per heavy atom. The highest BCUT2D eigenvalue weighted by atomic mass is 14.6. The lowest BCUT2D eigenvalue weighted by atomic mass is 9.46. The normalized spacial score (nSPS) is 46.5. The first-order valence-corrected chi connectivity index (χ1v) is 13.0. The van der Waals surface area contributed by atoms with Crippen molar-refractivity contribution in [1.82, 2.24) is 0 Å². The lowest BCUT2D eigenvalue weighted by Crippen LogP contribution is -2.50. The van der Waals surface area contributed by atoms with Gasteiger partial charge < -0.3 is 0 Å². The van der Waals surface area contributed by atoms with Gasteiger partial charge in [-0.2, -0.15) is 0 Å². The molecule has 0 amide bonds. The molecule has 0 nitrogen and oxygen atoms in total. The Labute approximate surface area is 176 Å². The monoisotopic (exact) mass is 384 g/mol. The Balaban J connectivity index is 1.51. The van der Waals surface area contributed by atoms with E-state index in [0.29, 0.717) is 10.8 Å². The summed E-state index contributed by atoms with van der Waals surface area (Å²) in [6, 6.07) is 0. The molecule has 4 aliphatic rings. The molecule has 0 N–H and O–H groups in total. The smallest absolute Gasteiger partial charge is 0.0143 e. The minimum absolute atomic E-state index is 0.600. The van der Waals surface area contributed by atoms with Gasteiger partial charge in [-0.05, 0) is 90.8 Å². The summed E-state index contributed by atoms with van der Waals surface area (Å²) in [7, 11) is 0. The molecule has 8 atom stereocenters. The summed E-state index contributed by atoms with van der Waals surface area (Å²) in [5, 5.41) is 0. The summed E-state index contributed by atoms with van der Waals surface area (Å²) in [6.45, 7) is 15.3. The molecule has 0 heterocycles. The summed E-state index contributed by atoms with van der Waals surface area (Å²) in [6.07, 6.45) is 19.0. The average molecular weight is 385 g/mol. The predicted molar refractivity (Wildman–Crippen MR) is 122 cm³/mol. The average Bonchev–Trinajstić information content (AvgIpc) is 2.98.